The fraction of sp³-hybridized carbons (Fsp3) is 0.222. The van der Waals surface area contributed by atoms with Gasteiger partial charge in [-0.1, -0.05) is 5.16 Å². The van der Waals surface area contributed by atoms with Gasteiger partial charge in [-0.3, -0.25) is 4.79 Å². The van der Waals surface area contributed by atoms with E-state index in [1.165, 1.54) is 12.1 Å². The van der Waals surface area contributed by atoms with Gasteiger partial charge in [-0.2, -0.15) is 0 Å². The van der Waals surface area contributed by atoms with Gasteiger partial charge in [0.25, 0.3) is 5.91 Å². The van der Waals surface area contributed by atoms with Gasteiger partial charge in [-0.25, -0.2) is 14.4 Å². The molecule has 0 spiro atoms. The largest absolute Gasteiger partial charge is 0.361 e. The number of hydrogen-bond acceptors (Lipinski definition) is 5. The molecule has 0 saturated heterocycles. The lowest BCUT2D eigenvalue weighted by atomic mass is 10.1. The van der Waals surface area contributed by atoms with E-state index in [1.807, 2.05) is 0 Å². The second-order valence-corrected chi connectivity index (χ2v) is 6.22. The van der Waals surface area contributed by atoms with E-state index < -0.39 is 11.7 Å². The topological polar surface area (TPSA) is 112 Å². The van der Waals surface area contributed by atoms with Crippen LogP contribution in [-0.2, 0) is 6.42 Å². The van der Waals surface area contributed by atoms with Gasteiger partial charge in [0, 0.05) is 30.9 Å². The van der Waals surface area contributed by atoms with Gasteiger partial charge < -0.3 is 19.8 Å². The number of hydrogen-bond donors (Lipinski definition) is 3. The summed E-state index contributed by atoms with van der Waals surface area (Å²) in [6.07, 6.45) is 3.83. The average molecular weight is 368 g/mol. The first-order valence-electron chi connectivity index (χ1n) is 8.41. The lowest BCUT2D eigenvalue weighted by Crippen LogP contribution is -2.26. The minimum atomic E-state index is -0.615. The fourth-order valence-electron chi connectivity index (χ4n) is 2.97. The number of amides is 1. The molecule has 0 atom stereocenters. The first-order chi connectivity index (χ1) is 13.0. The molecule has 0 aliphatic rings. The van der Waals surface area contributed by atoms with Crippen molar-refractivity contribution >= 4 is 16.9 Å². The molecule has 9 heteroatoms. The van der Waals surface area contributed by atoms with Gasteiger partial charge in [0.1, 0.15) is 17.4 Å². The van der Waals surface area contributed by atoms with Crippen LogP contribution in [0.4, 0.5) is 4.39 Å². The molecule has 138 valence electrons. The fourth-order valence-corrected chi connectivity index (χ4v) is 2.97. The Morgan fingerprint density at radius 2 is 2.19 bits per heavy atom. The highest BCUT2D eigenvalue weighted by molar-refractivity contribution is 5.98. The third-order valence-corrected chi connectivity index (χ3v) is 4.32. The highest BCUT2D eigenvalue weighted by Gasteiger charge is 2.18. The first kappa shape index (κ1) is 17.0. The minimum absolute atomic E-state index is 0.0519. The summed E-state index contributed by atoms with van der Waals surface area (Å²) in [5.41, 5.74) is 3.24. The Kier molecular flexibility index (Phi) is 4.19. The SMILES string of the molecule is Cc1noc(C)c1-c1nc2cc(C(=O)NCCc3cnc[nH]3)c(F)cc2[nH]1. The van der Waals surface area contributed by atoms with E-state index in [0.717, 1.165) is 11.3 Å². The predicted molar refractivity (Wildman–Crippen MR) is 95.6 cm³/mol. The van der Waals surface area contributed by atoms with Crippen LogP contribution in [0.2, 0.25) is 0 Å². The van der Waals surface area contributed by atoms with Gasteiger partial charge in [-0.05, 0) is 19.9 Å². The third-order valence-electron chi connectivity index (χ3n) is 4.32. The molecule has 4 rings (SSSR count). The molecule has 27 heavy (non-hydrogen) atoms. The quantitative estimate of drug-likeness (QED) is 0.501. The molecule has 0 saturated carbocycles. The van der Waals surface area contributed by atoms with Gasteiger partial charge in [-0.15, -0.1) is 0 Å². The van der Waals surface area contributed by atoms with Crippen LogP contribution in [0.1, 0.15) is 27.5 Å². The van der Waals surface area contributed by atoms with E-state index in [4.69, 9.17) is 4.52 Å². The molecule has 3 aromatic heterocycles. The van der Waals surface area contributed by atoms with E-state index in [0.29, 0.717) is 41.3 Å². The van der Waals surface area contributed by atoms with E-state index in [-0.39, 0.29) is 5.56 Å². The highest BCUT2D eigenvalue weighted by Crippen LogP contribution is 2.27. The number of carbonyl (C=O) groups is 1. The van der Waals surface area contributed by atoms with Crippen molar-refractivity contribution in [1.82, 2.24) is 30.4 Å². The van der Waals surface area contributed by atoms with E-state index in [9.17, 15) is 9.18 Å². The molecule has 0 radical (unpaired) electrons. The number of aryl methyl sites for hydroxylation is 2. The van der Waals surface area contributed by atoms with Crippen molar-refractivity contribution in [2.75, 3.05) is 6.54 Å². The van der Waals surface area contributed by atoms with Crippen LogP contribution in [0.15, 0.2) is 29.2 Å². The molecule has 3 N–H and O–H groups in total. The van der Waals surface area contributed by atoms with Crippen LogP contribution in [0, 0.1) is 19.7 Å². The summed E-state index contributed by atoms with van der Waals surface area (Å²) < 4.78 is 19.6. The Hall–Kier alpha value is -3.49. The summed E-state index contributed by atoms with van der Waals surface area (Å²) in [5.74, 6) is 0.0348. The zero-order chi connectivity index (χ0) is 19.0. The number of nitrogens with one attached hydrogen (secondary N) is 3. The molecule has 1 amide bonds. The Morgan fingerprint density at radius 1 is 1.33 bits per heavy atom. The maximum absolute atomic E-state index is 14.4. The molecular weight excluding hydrogens is 351 g/mol. The number of benzene rings is 1. The molecule has 8 nitrogen and oxygen atoms in total. The second kappa shape index (κ2) is 6.67. The number of carbonyl (C=O) groups excluding carboxylic acids is 1. The summed E-state index contributed by atoms with van der Waals surface area (Å²) in [7, 11) is 0. The zero-order valence-corrected chi connectivity index (χ0v) is 14.8. The predicted octanol–water partition coefficient (Wildman–Crippen LogP) is 2.67. The van der Waals surface area contributed by atoms with Crippen molar-refractivity contribution in [3.63, 3.8) is 0 Å². The molecule has 0 fully saturated rings. The van der Waals surface area contributed by atoms with Gasteiger partial charge in [0.05, 0.1) is 34.2 Å². The van der Waals surface area contributed by atoms with E-state index in [1.54, 1.807) is 26.4 Å². The van der Waals surface area contributed by atoms with Crippen molar-refractivity contribution in [1.29, 1.82) is 0 Å². The Balaban J connectivity index is 1.58. The Labute approximate surface area is 153 Å². The number of fused-ring (bicyclic) bond motifs is 1. The third kappa shape index (κ3) is 3.19. The van der Waals surface area contributed by atoms with Crippen molar-refractivity contribution in [2.45, 2.75) is 20.3 Å². The lowest BCUT2D eigenvalue weighted by Gasteiger charge is -2.05. The van der Waals surface area contributed by atoms with Crippen LogP contribution in [0.3, 0.4) is 0 Å². The Bertz CT molecular complexity index is 1090. The molecule has 0 aliphatic carbocycles. The number of nitrogens with zero attached hydrogens (tertiary/aromatic N) is 3. The van der Waals surface area contributed by atoms with Crippen LogP contribution < -0.4 is 5.32 Å². The average Bonchev–Trinajstić information content (AvgIpc) is 3.34. The van der Waals surface area contributed by atoms with E-state index >= 15 is 0 Å². The number of H-pyrrole nitrogens is 2. The maximum Gasteiger partial charge on any atom is 0.254 e. The second-order valence-electron chi connectivity index (χ2n) is 6.22. The maximum atomic E-state index is 14.4. The van der Waals surface area contributed by atoms with Gasteiger partial charge in [0.15, 0.2) is 0 Å². The van der Waals surface area contributed by atoms with E-state index in [2.05, 4.69) is 30.4 Å². The monoisotopic (exact) mass is 368 g/mol. The number of halogens is 1. The normalized spacial score (nSPS) is 11.2. The summed E-state index contributed by atoms with van der Waals surface area (Å²) >= 11 is 0. The first-order valence-corrected chi connectivity index (χ1v) is 8.41. The summed E-state index contributed by atoms with van der Waals surface area (Å²) in [5, 5.41) is 6.61. The molecule has 1 aromatic carbocycles. The summed E-state index contributed by atoms with van der Waals surface area (Å²) in [6, 6.07) is 2.71. The molecule has 0 unspecified atom stereocenters. The Morgan fingerprint density at radius 3 is 2.89 bits per heavy atom. The van der Waals surface area contributed by atoms with Gasteiger partial charge >= 0.3 is 0 Å². The molecule has 4 aromatic rings. The van der Waals surface area contributed by atoms with Crippen LogP contribution in [0.25, 0.3) is 22.4 Å². The van der Waals surface area contributed by atoms with Crippen molar-refractivity contribution in [3.8, 4) is 11.4 Å². The highest BCUT2D eigenvalue weighted by atomic mass is 19.1. The van der Waals surface area contributed by atoms with Crippen LogP contribution in [-0.4, -0.2) is 37.5 Å². The molecule has 3 heterocycles. The zero-order valence-electron chi connectivity index (χ0n) is 14.8. The number of aromatic amines is 2. The van der Waals surface area contributed by atoms with Crippen LogP contribution in [0.5, 0.6) is 0 Å². The minimum Gasteiger partial charge on any atom is -0.361 e. The number of imidazole rings is 2. The molecule has 0 bridgehead atoms. The summed E-state index contributed by atoms with van der Waals surface area (Å²) in [6.45, 7) is 3.95. The van der Waals surface area contributed by atoms with Crippen molar-refractivity contribution in [2.24, 2.45) is 0 Å². The number of aromatic nitrogens is 5. The molecular formula is C18H17FN6O2. The summed E-state index contributed by atoms with van der Waals surface area (Å²) in [4.78, 5) is 26.7. The molecule has 0 aliphatic heterocycles. The number of rotatable bonds is 5. The van der Waals surface area contributed by atoms with Gasteiger partial charge in [0.2, 0.25) is 0 Å². The smallest absolute Gasteiger partial charge is 0.254 e. The van der Waals surface area contributed by atoms with Crippen LogP contribution >= 0.6 is 0 Å². The van der Waals surface area contributed by atoms with Crippen molar-refractivity contribution in [3.05, 3.63) is 53.2 Å². The van der Waals surface area contributed by atoms with Crippen molar-refractivity contribution < 1.29 is 13.7 Å². The lowest BCUT2D eigenvalue weighted by molar-refractivity contribution is 0.0950. The standard InChI is InChI=1S/C18H17FN6O2/c1-9-16(10(2)27-25-9)17-23-14-5-12(13(19)6-15(14)24-17)18(26)21-4-3-11-7-20-8-22-11/h5-8H,3-4H2,1-2H3,(H,20,22)(H,21,26)(H,23,24).